The maximum absolute atomic E-state index is 13.2. The van der Waals surface area contributed by atoms with Crippen LogP contribution in [0.1, 0.15) is 23.1 Å². The summed E-state index contributed by atoms with van der Waals surface area (Å²) in [6, 6.07) is 3.91. The van der Waals surface area contributed by atoms with Gasteiger partial charge in [0.25, 0.3) is 0 Å². The van der Waals surface area contributed by atoms with Gasteiger partial charge < -0.3 is 10.1 Å². The highest BCUT2D eigenvalue weighted by Gasteiger charge is 2.58. The third-order valence-electron chi connectivity index (χ3n) is 4.53. The maximum Gasteiger partial charge on any atom is 0.418 e. The number of likely N-dealkylation sites (tertiary alicyclic amines) is 1. The Hall–Kier alpha value is -1.60. The molecule has 1 saturated heterocycles. The SMILES string of the molecule is COC1(C(F)(F)F)CCN(CC(=O)Nc2c(C)cc(C)cc2C)C1. The Morgan fingerprint density at radius 3 is 2.33 bits per heavy atom. The number of hydrogen-bond donors (Lipinski definition) is 1. The first-order valence-electron chi connectivity index (χ1n) is 7.80. The van der Waals surface area contributed by atoms with Crippen molar-refractivity contribution in [3.05, 3.63) is 28.8 Å². The summed E-state index contributed by atoms with van der Waals surface area (Å²) in [5.74, 6) is -0.320. The molecule has 1 aromatic carbocycles. The lowest BCUT2D eigenvalue weighted by Gasteiger charge is -2.30. The van der Waals surface area contributed by atoms with E-state index in [0.29, 0.717) is 0 Å². The number of rotatable bonds is 4. The van der Waals surface area contributed by atoms with E-state index in [1.165, 1.54) is 4.90 Å². The Morgan fingerprint density at radius 2 is 1.88 bits per heavy atom. The van der Waals surface area contributed by atoms with Gasteiger partial charge in [-0.3, -0.25) is 9.69 Å². The number of ether oxygens (including phenoxy) is 1. The zero-order chi connectivity index (χ0) is 18.1. The van der Waals surface area contributed by atoms with Crippen molar-refractivity contribution in [2.45, 2.75) is 39.0 Å². The average Bonchev–Trinajstić information content (AvgIpc) is 2.87. The molecule has 24 heavy (non-hydrogen) atoms. The lowest BCUT2D eigenvalue weighted by Crippen LogP contribution is -2.49. The first-order valence-corrected chi connectivity index (χ1v) is 7.80. The van der Waals surface area contributed by atoms with E-state index in [0.717, 1.165) is 29.5 Å². The molecule has 1 unspecified atom stereocenters. The summed E-state index contributed by atoms with van der Waals surface area (Å²) in [5, 5.41) is 2.81. The van der Waals surface area contributed by atoms with Crippen LogP contribution in [-0.2, 0) is 9.53 Å². The molecule has 4 nitrogen and oxygen atoms in total. The summed E-state index contributed by atoms with van der Waals surface area (Å²) in [6.07, 6.45) is -4.61. The van der Waals surface area contributed by atoms with E-state index in [1.54, 1.807) is 0 Å². The van der Waals surface area contributed by atoms with E-state index < -0.39 is 11.8 Å². The minimum Gasteiger partial charge on any atom is -0.367 e. The minimum absolute atomic E-state index is 0.0893. The summed E-state index contributed by atoms with van der Waals surface area (Å²) >= 11 is 0. The van der Waals surface area contributed by atoms with Crippen LogP contribution in [0.25, 0.3) is 0 Å². The topological polar surface area (TPSA) is 41.6 Å². The average molecular weight is 344 g/mol. The summed E-state index contributed by atoms with van der Waals surface area (Å²) in [5.41, 5.74) is 1.51. The van der Waals surface area contributed by atoms with Gasteiger partial charge >= 0.3 is 6.18 Å². The molecule has 0 aromatic heterocycles. The summed E-state index contributed by atoms with van der Waals surface area (Å²) in [7, 11) is 1.07. The van der Waals surface area contributed by atoms with Gasteiger partial charge in [-0.25, -0.2) is 0 Å². The molecule has 0 bridgehead atoms. The lowest BCUT2D eigenvalue weighted by molar-refractivity contribution is -0.263. The normalized spacial score (nSPS) is 22.0. The number of nitrogens with one attached hydrogen (secondary N) is 1. The molecule has 0 radical (unpaired) electrons. The van der Waals surface area contributed by atoms with Crippen LogP contribution >= 0.6 is 0 Å². The van der Waals surface area contributed by atoms with Crippen LogP contribution in [0.3, 0.4) is 0 Å². The van der Waals surface area contributed by atoms with Crippen molar-refractivity contribution in [2.24, 2.45) is 0 Å². The number of hydrogen-bond acceptors (Lipinski definition) is 3. The molecule has 1 amide bonds. The van der Waals surface area contributed by atoms with Gasteiger partial charge in [0, 0.05) is 25.9 Å². The van der Waals surface area contributed by atoms with Gasteiger partial charge in [-0.15, -0.1) is 0 Å². The zero-order valence-electron chi connectivity index (χ0n) is 14.4. The second-order valence-corrected chi connectivity index (χ2v) is 6.48. The number of halogens is 3. The molecule has 1 atom stereocenters. The molecule has 0 spiro atoms. The summed E-state index contributed by atoms with van der Waals surface area (Å²) in [4.78, 5) is 13.7. The molecule has 7 heteroatoms. The fraction of sp³-hybridized carbons (Fsp3) is 0.588. The van der Waals surface area contributed by atoms with Crippen molar-refractivity contribution in [2.75, 3.05) is 32.1 Å². The van der Waals surface area contributed by atoms with Crippen molar-refractivity contribution in [1.29, 1.82) is 0 Å². The molecule has 1 aliphatic heterocycles. The van der Waals surface area contributed by atoms with Crippen molar-refractivity contribution in [3.8, 4) is 0 Å². The van der Waals surface area contributed by atoms with Crippen LogP contribution in [0.2, 0.25) is 0 Å². The van der Waals surface area contributed by atoms with Crippen LogP contribution in [0.15, 0.2) is 12.1 Å². The number of carbonyl (C=O) groups is 1. The molecule has 1 aromatic rings. The van der Waals surface area contributed by atoms with Crippen molar-refractivity contribution >= 4 is 11.6 Å². The molecule has 0 saturated carbocycles. The molecule has 0 aliphatic carbocycles. The molecular formula is C17H23F3N2O2. The number of alkyl halides is 3. The van der Waals surface area contributed by atoms with E-state index in [1.807, 2.05) is 32.9 Å². The van der Waals surface area contributed by atoms with E-state index in [4.69, 9.17) is 4.74 Å². The molecule has 1 fully saturated rings. The Kier molecular flexibility index (Phi) is 5.25. The minimum atomic E-state index is -4.45. The largest absolute Gasteiger partial charge is 0.418 e. The molecule has 1 N–H and O–H groups in total. The van der Waals surface area contributed by atoms with Gasteiger partial charge in [-0.05, 0) is 38.3 Å². The number of carbonyl (C=O) groups excluding carboxylic acids is 1. The first kappa shape index (κ1) is 18.7. The Morgan fingerprint density at radius 1 is 1.29 bits per heavy atom. The van der Waals surface area contributed by atoms with Gasteiger partial charge in [0.2, 0.25) is 5.91 Å². The predicted octanol–water partition coefficient (Wildman–Crippen LogP) is 3.20. The highest BCUT2D eigenvalue weighted by molar-refractivity contribution is 5.93. The fourth-order valence-electron chi connectivity index (χ4n) is 3.27. The smallest absolute Gasteiger partial charge is 0.367 e. The van der Waals surface area contributed by atoms with E-state index >= 15 is 0 Å². The Labute approximate surface area is 140 Å². The number of anilines is 1. The van der Waals surface area contributed by atoms with E-state index in [9.17, 15) is 18.0 Å². The Bertz CT molecular complexity index is 608. The maximum atomic E-state index is 13.2. The Balaban J connectivity index is 2.02. The number of aryl methyl sites for hydroxylation is 3. The van der Waals surface area contributed by atoms with Crippen LogP contribution in [0, 0.1) is 20.8 Å². The van der Waals surface area contributed by atoms with Crippen LogP contribution in [0.5, 0.6) is 0 Å². The molecule has 1 heterocycles. The highest BCUT2D eigenvalue weighted by Crippen LogP contribution is 2.40. The predicted molar refractivity (Wildman–Crippen MR) is 86.1 cm³/mol. The van der Waals surface area contributed by atoms with Crippen LogP contribution in [-0.4, -0.2) is 49.3 Å². The fourth-order valence-corrected chi connectivity index (χ4v) is 3.27. The van der Waals surface area contributed by atoms with Gasteiger partial charge in [0.15, 0.2) is 5.60 Å². The molecule has 2 rings (SSSR count). The third-order valence-corrected chi connectivity index (χ3v) is 4.53. The van der Waals surface area contributed by atoms with Crippen LogP contribution in [0.4, 0.5) is 18.9 Å². The number of methoxy groups -OCH3 is 1. The van der Waals surface area contributed by atoms with Crippen molar-refractivity contribution < 1.29 is 22.7 Å². The van der Waals surface area contributed by atoms with Crippen molar-refractivity contribution in [3.63, 3.8) is 0 Å². The van der Waals surface area contributed by atoms with Gasteiger partial charge in [-0.2, -0.15) is 13.2 Å². The van der Waals surface area contributed by atoms with E-state index in [2.05, 4.69) is 5.32 Å². The van der Waals surface area contributed by atoms with Gasteiger partial charge in [0.05, 0.1) is 6.54 Å². The monoisotopic (exact) mass is 344 g/mol. The second kappa shape index (κ2) is 6.72. The molecule has 1 aliphatic rings. The van der Waals surface area contributed by atoms with Crippen LogP contribution < -0.4 is 5.32 Å². The van der Waals surface area contributed by atoms with Gasteiger partial charge in [0.1, 0.15) is 0 Å². The lowest BCUT2D eigenvalue weighted by atomic mass is 10.0. The third kappa shape index (κ3) is 3.72. The van der Waals surface area contributed by atoms with Gasteiger partial charge in [-0.1, -0.05) is 17.7 Å². The number of amides is 1. The molecule has 134 valence electrons. The standard InChI is InChI=1S/C17H23F3N2O2/c1-11-7-12(2)15(13(3)8-11)21-14(23)9-22-6-5-16(10-22,24-4)17(18,19)20/h7-8H,5-6,9-10H2,1-4H3,(H,21,23). The second-order valence-electron chi connectivity index (χ2n) is 6.48. The van der Waals surface area contributed by atoms with Crippen molar-refractivity contribution in [1.82, 2.24) is 4.90 Å². The summed E-state index contributed by atoms with van der Waals surface area (Å²) < 4.78 is 44.2. The quantitative estimate of drug-likeness (QED) is 0.912. The molecular weight excluding hydrogens is 321 g/mol. The zero-order valence-corrected chi connectivity index (χ0v) is 14.4. The van der Waals surface area contributed by atoms with E-state index in [-0.39, 0.29) is 32.0 Å². The first-order chi connectivity index (χ1) is 11.1. The highest BCUT2D eigenvalue weighted by atomic mass is 19.4. The number of benzene rings is 1. The summed E-state index contributed by atoms with van der Waals surface area (Å²) in [6.45, 7) is 5.51. The number of nitrogens with zero attached hydrogens (tertiary/aromatic N) is 1.